The van der Waals surface area contributed by atoms with Gasteiger partial charge < -0.3 is 0 Å². The van der Waals surface area contributed by atoms with Gasteiger partial charge in [0.25, 0.3) is 0 Å². The fraction of sp³-hybridized carbons (Fsp3) is 0. The predicted octanol–water partition coefficient (Wildman–Crippen LogP) is 0.549. The first-order chi connectivity index (χ1) is 1.41. The van der Waals surface area contributed by atoms with Gasteiger partial charge in [0, 0.05) is 51.7 Å². The van der Waals surface area contributed by atoms with E-state index < -0.39 is 0 Å². The van der Waals surface area contributed by atoms with Crippen LogP contribution in [0.4, 0.5) is 0 Å². The summed E-state index contributed by atoms with van der Waals surface area (Å²) in [5.41, 5.74) is 0. The fourth-order valence-corrected chi connectivity index (χ4v) is 0. The van der Waals surface area contributed by atoms with Crippen molar-refractivity contribution in [2.75, 3.05) is 0 Å². The zero-order valence-electron chi connectivity index (χ0n) is 2.11. The molecule has 0 aromatic heterocycles. The number of hydrogen-bond donors (Lipinski definition) is 0. The Bertz CT molecular complexity index is 9.61. The summed E-state index contributed by atoms with van der Waals surface area (Å²) in [5, 5.41) is 0. The first-order valence-corrected chi connectivity index (χ1v) is 0.926. The average Bonchev–Trinajstić information content (AvgIpc) is 0.918. The van der Waals surface area contributed by atoms with Crippen LogP contribution in [0.3, 0.4) is 0 Å². The molecule has 0 heterocycles. The van der Waals surface area contributed by atoms with Crippen LogP contribution in [0.25, 0.3) is 0 Å². The quantitative estimate of drug-likeness (QED) is 0.525. The third-order valence-electron chi connectivity index (χ3n) is 0. The second-order valence-electron chi connectivity index (χ2n) is 0.0583. The molecule has 0 unspecified atom stereocenters. The van der Waals surface area contributed by atoms with Crippen molar-refractivity contribution >= 4 is 75.5 Å². The minimum Gasteiger partial charge on any atom is -0.166 e. The van der Waals surface area contributed by atoms with Gasteiger partial charge in [-0.05, 0) is 0 Å². The second-order valence-corrected chi connectivity index (χ2v) is 0.525. The van der Waals surface area contributed by atoms with Crippen molar-refractivity contribution < 1.29 is 3.84 Å². The molecule has 0 amide bonds. The number of rotatable bonds is 0. The van der Waals surface area contributed by atoms with Gasteiger partial charge in [0.15, 0.2) is 0 Å². The zero-order chi connectivity index (χ0) is 2.71. The van der Waals surface area contributed by atoms with Crippen molar-refractivity contribution in [2.45, 2.75) is 0 Å². The van der Waals surface area contributed by atoms with E-state index in [1.54, 1.807) is 0 Å². The number of hydrogen-bond acceptors (Lipinski definition) is 1. The van der Waals surface area contributed by atoms with Gasteiger partial charge >= 0.3 is 0 Å². The summed E-state index contributed by atoms with van der Waals surface area (Å²) >= 11 is 8.53. The summed E-state index contributed by atoms with van der Waals surface area (Å²) in [5.74, 6) is 0. The maximum Gasteiger partial charge on any atom is 0.0832 e. The molecule has 0 atom stereocenters. The van der Waals surface area contributed by atoms with Gasteiger partial charge in [-0.1, -0.05) is 0 Å². The van der Waals surface area contributed by atoms with Gasteiger partial charge in [0.05, 0.1) is 23.7 Å². The molecule has 0 aliphatic carbocycles. The van der Waals surface area contributed by atoms with Gasteiger partial charge in [0.1, 0.15) is 0 Å². The molecule has 1 nitrogen and oxygen atoms in total. The monoisotopic (exact) mass is 415 g/mol. The van der Waals surface area contributed by atoms with Crippen molar-refractivity contribution in [1.29, 1.82) is 0 Å². The van der Waals surface area contributed by atoms with Crippen LogP contribution in [0.2, 0.25) is 0 Å². The third kappa shape index (κ3) is 22.1. The average molecular weight is 416 g/mol. The standard InChI is InChI=1S/Cl2O.Pb.Sb/c1-3-2;;. The van der Waals surface area contributed by atoms with Gasteiger partial charge in [-0.15, -0.1) is 0 Å². The summed E-state index contributed by atoms with van der Waals surface area (Å²) in [6.45, 7) is 0. The van der Waals surface area contributed by atoms with E-state index in [4.69, 9.17) is 0 Å². The summed E-state index contributed by atoms with van der Waals surface area (Å²) in [7, 11) is 0. The summed E-state index contributed by atoms with van der Waals surface area (Å²) in [6, 6.07) is 0. The Kier molecular flexibility index (Phi) is 51.0. The molecule has 0 saturated carbocycles. The Morgan fingerprint density at radius 3 is 1.20 bits per heavy atom. The van der Waals surface area contributed by atoms with E-state index in [1.807, 2.05) is 0 Å². The van der Waals surface area contributed by atoms with E-state index in [2.05, 4.69) is 27.6 Å². The van der Waals surface area contributed by atoms with E-state index in [0.717, 1.165) is 0 Å². The first-order valence-electron chi connectivity index (χ1n) is 0.309. The summed E-state index contributed by atoms with van der Waals surface area (Å²) < 4.78 is 3.19. The van der Waals surface area contributed by atoms with E-state index in [1.165, 1.54) is 0 Å². The van der Waals surface area contributed by atoms with E-state index in [9.17, 15) is 0 Å². The maximum absolute atomic E-state index is 4.26. The molecule has 0 bridgehead atoms. The zero-order valence-corrected chi connectivity index (χ0v) is 10.1. The largest absolute Gasteiger partial charge is 0.166 e. The molecule has 0 fully saturated rings. The van der Waals surface area contributed by atoms with E-state index in [0.29, 0.717) is 0 Å². The molecule has 0 aromatic rings. The van der Waals surface area contributed by atoms with Crippen LogP contribution in [-0.4, -0.2) is 51.7 Å². The molecule has 5 heteroatoms. The van der Waals surface area contributed by atoms with Crippen LogP contribution >= 0.6 is 23.7 Å². The van der Waals surface area contributed by atoms with Crippen LogP contribution in [-0.2, 0) is 3.84 Å². The Hall–Kier alpha value is 2.28. The smallest absolute Gasteiger partial charge is 0.0832 e. The van der Waals surface area contributed by atoms with Crippen LogP contribution in [0, 0.1) is 0 Å². The normalized spacial score (nSPS) is 3.60. The van der Waals surface area contributed by atoms with Crippen LogP contribution in [0.1, 0.15) is 0 Å². The Morgan fingerprint density at radius 2 is 1.20 bits per heavy atom. The molecule has 5 heavy (non-hydrogen) atoms. The molecule has 0 N–H and O–H groups in total. The van der Waals surface area contributed by atoms with Crippen molar-refractivity contribution in [1.82, 2.24) is 0 Å². The molecule has 7 radical (unpaired) electrons. The summed E-state index contributed by atoms with van der Waals surface area (Å²) in [6.07, 6.45) is 0. The van der Waals surface area contributed by atoms with Crippen LogP contribution in [0.5, 0.6) is 0 Å². The minimum absolute atomic E-state index is 0. The molecular formula is Cl2OPbSb. The molecule has 0 spiro atoms. The van der Waals surface area contributed by atoms with E-state index >= 15 is 0 Å². The molecule has 0 saturated heterocycles. The van der Waals surface area contributed by atoms with Crippen molar-refractivity contribution in [3.63, 3.8) is 0 Å². The molecule has 0 aliphatic rings. The maximum atomic E-state index is 4.26. The number of halogens is 2. The summed E-state index contributed by atoms with van der Waals surface area (Å²) in [4.78, 5) is 0. The topological polar surface area (TPSA) is 9.23 Å². The Morgan fingerprint density at radius 1 is 1.20 bits per heavy atom. The molecular weight excluding hydrogens is 416 g/mol. The fourth-order valence-electron chi connectivity index (χ4n) is 0. The second kappa shape index (κ2) is 16.3. The van der Waals surface area contributed by atoms with Gasteiger partial charge in [-0.3, -0.25) is 0 Å². The van der Waals surface area contributed by atoms with Gasteiger partial charge in [0.2, 0.25) is 0 Å². The van der Waals surface area contributed by atoms with Gasteiger partial charge in [-0.2, -0.15) is 3.84 Å². The molecule has 0 aliphatic heterocycles. The molecule has 0 aromatic carbocycles. The third-order valence-corrected chi connectivity index (χ3v) is 0. The Labute approximate surface area is 78.3 Å². The van der Waals surface area contributed by atoms with Crippen LogP contribution in [0.15, 0.2) is 0 Å². The molecule has 0 rings (SSSR count). The van der Waals surface area contributed by atoms with E-state index in [-0.39, 0.29) is 51.7 Å². The first kappa shape index (κ1) is 15.7. The van der Waals surface area contributed by atoms with Crippen molar-refractivity contribution in [2.24, 2.45) is 0 Å². The Balaban J connectivity index is -0.0000000200. The van der Waals surface area contributed by atoms with Crippen molar-refractivity contribution in [3.05, 3.63) is 0 Å². The predicted molar refractivity (Wildman–Crippen MR) is 24.3 cm³/mol. The minimum atomic E-state index is 0. The molecule has 29 valence electrons. The van der Waals surface area contributed by atoms with Crippen LogP contribution < -0.4 is 0 Å². The SMILES string of the molecule is ClOCl.[Pb].[Sb]. The van der Waals surface area contributed by atoms with Crippen molar-refractivity contribution in [3.8, 4) is 0 Å². The van der Waals surface area contributed by atoms with Gasteiger partial charge in [-0.25, -0.2) is 0 Å².